The smallest absolute Gasteiger partial charge is 0.323 e. The summed E-state index contributed by atoms with van der Waals surface area (Å²) in [5.74, 6) is -1.20. The van der Waals surface area contributed by atoms with E-state index in [2.05, 4.69) is 146 Å². The maximum atomic E-state index is 14.6. The Morgan fingerprint density at radius 3 is 0.928 bits per heavy atom. The van der Waals surface area contributed by atoms with Crippen LogP contribution in [0.2, 0.25) is 0 Å². The summed E-state index contributed by atoms with van der Waals surface area (Å²) in [4.78, 5) is 43.7. The zero-order valence-corrected chi connectivity index (χ0v) is 56.6. The summed E-state index contributed by atoms with van der Waals surface area (Å²) in [6.07, 6.45) is 18.6. The van der Waals surface area contributed by atoms with Crippen molar-refractivity contribution in [1.82, 2.24) is 21.3 Å². The van der Waals surface area contributed by atoms with Crippen molar-refractivity contribution in [3.8, 4) is 0 Å². The first-order chi connectivity index (χ1) is 38.6. The Bertz CT molecular complexity index is 1810. The summed E-state index contributed by atoms with van der Waals surface area (Å²) in [6.45, 7) is 43.3. The molecule has 0 amide bonds. The predicted octanol–water partition coefficient (Wildman–Crippen LogP) is 13.2. The van der Waals surface area contributed by atoms with Gasteiger partial charge in [-0.05, 0) is 194 Å². The van der Waals surface area contributed by atoms with Crippen LogP contribution in [0.3, 0.4) is 0 Å². The number of esters is 3. The number of carbonyl (C=O) groups is 3. The lowest BCUT2D eigenvalue weighted by molar-refractivity contribution is -0.175. The second kappa shape index (κ2) is 32.5. The van der Waals surface area contributed by atoms with Crippen molar-refractivity contribution in [2.75, 3.05) is 59.5 Å². The van der Waals surface area contributed by atoms with E-state index in [4.69, 9.17) is 37.9 Å². The van der Waals surface area contributed by atoms with Gasteiger partial charge in [0, 0.05) is 76.8 Å². The maximum absolute atomic E-state index is 14.6. The van der Waals surface area contributed by atoms with Gasteiger partial charge in [0.1, 0.15) is 0 Å². The van der Waals surface area contributed by atoms with Crippen molar-refractivity contribution < 1.29 is 52.3 Å². The molecule has 4 heterocycles. The first-order valence-corrected chi connectivity index (χ1v) is 33.3. The molecule has 0 aromatic heterocycles. The van der Waals surface area contributed by atoms with Crippen molar-refractivity contribution in [3.63, 3.8) is 0 Å². The van der Waals surface area contributed by atoms with Gasteiger partial charge in [0.2, 0.25) is 0 Å². The van der Waals surface area contributed by atoms with E-state index in [1.54, 1.807) is 0 Å². The average molecular weight is 1180 g/mol. The fraction of sp³-hybridized carbons (Fsp3) is 0.956. The van der Waals surface area contributed by atoms with Crippen LogP contribution in [0, 0.1) is 10.8 Å². The number of piperidine rings is 4. The summed E-state index contributed by atoms with van der Waals surface area (Å²) in [7, 11) is 0. The van der Waals surface area contributed by atoms with Crippen LogP contribution in [-0.4, -0.2) is 146 Å². The third kappa shape index (κ3) is 26.7. The molecule has 4 saturated heterocycles. The molecule has 4 fully saturated rings. The Balaban J connectivity index is 1.42. The van der Waals surface area contributed by atoms with E-state index in [0.717, 1.165) is 96.3 Å². The fourth-order valence-corrected chi connectivity index (χ4v) is 15.3. The van der Waals surface area contributed by atoms with Gasteiger partial charge >= 0.3 is 17.9 Å². The normalized spacial score (nSPS) is 23.1. The molecule has 0 bridgehead atoms. The topological polar surface area (TPSA) is 173 Å². The number of unbranched alkanes of at least 4 members (excludes halogenated alkanes) is 5. The van der Waals surface area contributed by atoms with E-state index in [1.165, 1.54) is 0 Å². The van der Waals surface area contributed by atoms with Gasteiger partial charge in [-0.25, -0.2) is 0 Å². The van der Waals surface area contributed by atoms with Gasteiger partial charge in [0.25, 0.3) is 0 Å². The second-order valence-corrected chi connectivity index (χ2v) is 31.5. The number of carbonyl (C=O) groups excluding carboxylic acids is 3. The molecule has 0 radical (unpaired) electrons. The highest BCUT2D eigenvalue weighted by Gasteiger charge is 2.49. The van der Waals surface area contributed by atoms with E-state index in [9.17, 15) is 14.4 Å². The maximum Gasteiger partial charge on any atom is 0.323 e. The Kier molecular flexibility index (Phi) is 28.8. The van der Waals surface area contributed by atoms with Gasteiger partial charge in [-0.15, -0.1) is 0 Å². The quantitative estimate of drug-likeness (QED) is 0.0199. The van der Waals surface area contributed by atoms with E-state index in [1.807, 2.05) is 0 Å². The molecule has 4 aliphatic rings. The molecule has 1 unspecified atom stereocenters. The van der Waals surface area contributed by atoms with Crippen molar-refractivity contribution in [2.45, 2.75) is 347 Å². The average Bonchev–Trinajstić information content (AvgIpc) is 3.47. The van der Waals surface area contributed by atoms with Gasteiger partial charge in [0.05, 0.1) is 76.1 Å². The minimum Gasteiger partial charge on any atom is -0.465 e. The molecule has 83 heavy (non-hydrogen) atoms. The van der Waals surface area contributed by atoms with Crippen LogP contribution in [0.4, 0.5) is 0 Å². The lowest BCUT2D eigenvalue weighted by atomic mass is 9.77. The molecular weight excluding hydrogens is 1050 g/mol. The summed E-state index contributed by atoms with van der Waals surface area (Å²) in [6, 6.07) is 0. The van der Waals surface area contributed by atoms with Gasteiger partial charge in [-0.3, -0.25) is 14.4 Å². The van der Waals surface area contributed by atoms with Crippen LogP contribution >= 0.6 is 0 Å². The molecule has 15 heteroatoms. The molecular formula is C68H128N4O11. The second-order valence-electron chi connectivity index (χ2n) is 31.5. The molecule has 4 aliphatic heterocycles. The number of nitrogens with one attached hydrogen (secondary N) is 4. The van der Waals surface area contributed by atoms with Crippen molar-refractivity contribution in [2.24, 2.45) is 10.8 Å². The van der Waals surface area contributed by atoms with E-state index in [-0.39, 0.29) is 101 Å². The summed E-state index contributed by atoms with van der Waals surface area (Å²) in [5, 5.41) is 14.9. The largest absolute Gasteiger partial charge is 0.465 e. The first-order valence-electron chi connectivity index (χ1n) is 33.3. The van der Waals surface area contributed by atoms with E-state index >= 15 is 0 Å². The van der Waals surface area contributed by atoms with Crippen molar-refractivity contribution in [1.29, 1.82) is 0 Å². The number of hydrogen-bond donors (Lipinski definition) is 4. The lowest BCUT2D eigenvalue weighted by Gasteiger charge is -2.46. The Morgan fingerprint density at radius 1 is 0.337 bits per heavy atom. The Labute approximate surface area is 507 Å². The SMILES string of the molecule is CCCCC(CCCCCCC(CCCC)(C(=O)OCCCOC1CC(C)(C)NC(C)(C)C1)C(=O)OCCCOC1CC(C)(C)NC(C)(C)C1)(COCCCOC1CC(C)(C)NC(C)(C)C1)C(=O)OCCCOC1CC(C)(C)NC(C)(C)C1. The van der Waals surface area contributed by atoms with Crippen LogP contribution in [0.5, 0.6) is 0 Å². The summed E-state index contributed by atoms with van der Waals surface area (Å²) >= 11 is 0. The standard InChI is InChI=1S/C68H128N4O11/c1-19-21-31-67(51-76-35-27-36-77-52-43-59(3,4)69-60(5,6)44-52,56(73)81-40-28-37-78-53-45-61(7,8)70-62(9,10)46-53)32-25-23-24-26-34-68(33-22-20-2,57(74)82-41-29-38-79-54-47-63(11,12)71-64(13,14)48-54)58(75)83-42-30-39-80-55-49-65(15,16)72-66(17,18)50-55/h52-55,69-72H,19-51H2,1-18H3. The summed E-state index contributed by atoms with van der Waals surface area (Å²) < 4.78 is 50.5. The van der Waals surface area contributed by atoms with Crippen LogP contribution in [0.15, 0.2) is 0 Å². The minimum atomic E-state index is -1.43. The fourth-order valence-electron chi connectivity index (χ4n) is 15.3. The highest BCUT2D eigenvalue weighted by Crippen LogP contribution is 2.39. The highest BCUT2D eigenvalue weighted by molar-refractivity contribution is 6.00. The first kappa shape index (κ1) is 73.5. The van der Waals surface area contributed by atoms with Crippen LogP contribution in [0.25, 0.3) is 0 Å². The number of hydrogen-bond acceptors (Lipinski definition) is 15. The molecule has 0 spiro atoms. The van der Waals surface area contributed by atoms with Gasteiger partial charge in [-0.2, -0.15) is 0 Å². The highest BCUT2D eigenvalue weighted by atomic mass is 16.6. The van der Waals surface area contributed by atoms with E-state index < -0.39 is 22.8 Å². The molecule has 1 atom stereocenters. The molecule has 0 aromatic carbocycles. The van der Waals surface area contributed by atoms with Crippen LogP contribution in [-0.2, 0) is 52.3 Å². The molecule has 0 aliphatic carbocycles. The molecule has 0 aromatic rings. The zero-order chi connectivity index (χ0) is 61.9. The van der Waals surface area contributed by atoms with Gasteiger partial charge in [-0.1, -0.05) is 65.2 Å². The van der Waals surface area contributed by atoms with Crippen molar-refractivity contribution in [3.05, 3.63) is 0 Å². The van der Waals surface area contributed by atoms with Crippen molar-refractivity contribution >= 4 is 17.9 Å². The van der Waals surface area contributed by atoms with Gasteiger partial charge < -0.3 is 59.2 Å². The van der Waals surface area contributed by atoms with Gasteiger partial charge in [0.15, 0.2) is 5.41 Å². The lowest BCUT2D eigenvalue weighted by Crippen LogP contribution is -2.59. The van der Waals surface area contributed by atoms with E-state index in [0.29, 0.717) is 90.8 Å². The molecule has 0 saturated carbocycles. The summed E-state index contributed by atoms with van der Waals surface area (Å²) in [5.41, 5.74) is -2.43. The third-order valence-corrected chi connectivity index (χ3v) is 17.6. The third-order valence-electron chi connectivity index (χ3n) is 17.6. The Hall–Kier alpha value is -1.95. The minimum absolute atomic E-state index is 0.00243. The molecule has 486 valence electrons. The monoisotopic (exact) mass is 1180 g/mol. The zero-order valence-electron chi connectivity index (χ0n) is 56.6. The Morgan fingerprint density at radius 2 is 0.602 bits per heavy atom. The number of rotatable bonds is 38. The molecule has 4 rings (SSSR count). The predicted molar refractivity (Wildman–Crippen MR) is 335 cm³/mol. The molecule has 4 N–H and O–H groups in total. The number of ether oxygens (including phenoxy) is 8. The van der Waals surface area contributed by atoms with Crippen LogP contribution < -0.4 is 21.3 Å². The molecule has 15 nitrogen and oxygen atoms in total. The van der Waals surface area contributed by atoms with Crippen LogP contribution in [0.1, 0.15) is 279 Å².